The second-order valence-corrected chi connectivity index (χ2v) is 8.78. The Bertz CT molecular complexity index is 1200. The summed E-state index contributed by atoms with van der Waals surface area (Å²) in [6.45, 7) is 0.630. The summed E-state index contributed by atoms with van der Waals surface area (Å²) in [6, 6.07) is 15.7. The minimum Gasteiger partial charge on any atom is -0.441 e. The average Bonchev–Trinajstić information content (AvgIpc) is 3.45. The molecule has 0 bridgehead atoms. The highest BCUT2D eigenvalue weighted by atomic mass is 32.2. The molecule has 1 aliphatic rings. The standard InChI is InChI=1S/C22H22N4O4S/c27-21(11-12-22-24-15-19(30-22)16-6-2-1-3-7-16)25-17-8-4-9-18(14-17)31(28,29)26-20-10-5-13-23-20/h1-4,6-9,14-15H,5,10-13H2,(H,23,26)(H,25,27). The van der Waals surface area contributed by atoms with Gasteiger partial charge >= 0.3 is 0 Å². The maximum Gasteiger partial charge on any atom is 0.262 e. The number of amidine groups is 1. The zero-order valence-corrected chi connectivity index (χ0v) is 17.6. The van der Waals surface area contributed by atoms with E-state index in [1.165, 1.54) is 12.1 Å². The molecule has 4 rings (SSSR count). The van der Waals surface area contributed by atoms with Gasteiger partial charge in [-0.3, -0.25) is 14.5 Å². The number of oxazole rings is 1. The minimum absolute atomic E-state index is 0.0695. The van der Waals surface area contributed by atoms with Crippen LogP contribution in [0.25, 0.3) is 11.3 Å². The molecule has 160 valence electrons. The van der Waals surface area contributed by atoms with E-state index >= 15 is 0 Å². The first-order valence-electron chi connectivity index (χ1n) is 9.96. The molecule has 0 unspecified atom stereocenters. The smallest absolute Gasteiger partial charge is 0.262 e. The van der Waals surface area contributed by atoms with Gasteiger partial charge in [0.1, 0.15) is 5.84 Å². The van der Waals surface area contributed by atoms with E-state index in [1.54, 1.807) is 18.3 Å². The molecule has 0 saturated carbocycles. The Kier molecular flexibility index (Phi) is 6.13. The van der Waals surface area contributed by atoms with Gasteiger partial charge in [0.15, 0.2) is 11.7 Å². The first-order valence-corrected chi connectivity index (χ1v) is 11.4. The summed E-state index contributed by atoms with van der Waals surface area (Å²) >= 11 is 0. The van der Waals surface area contributed by atoms with Crippen molar-refractivity contribution in [3.63, 3.8) is 0 Å². The van der Waals surface area contributed by atoms with E-state index in [9.17, 15) is 13.2 Å². The maximum atomic E-state index is 12.5. The second-order valence-electron chi connectivity index (χ2n) is 7.10. The van der Waals surface area contributed by atoms with Crippen LogP contribution in [0.2, 0.25) is 0 Å². The molecule has 9 heteroatoms. The van der Waals surface area contributed by atoms with Gasteiger partial charge in [0, 0.05) is 37.1 Å². The molecule has 0 fully saturated rings. The van der Waals surface area contributed by atoms with Gasteiger partial charge in [-0.05, 0) is 24.6 Å². The molecular weight excluding hydrogens is 416 g/mol. The van der Waals surface area contributed by atoms with Gasteiger partial charge in [-0.2, -0.15) is 0 Å². The number of amides is 1. The second kappa shape index (κ2) is 9.13. The van der Waals surface area contributed by atoms with E-state index < -0.39 is 10.0 Å². The van der Waals surface area contributed by atoms with Crippen LogP contribution < -0.4 is 10.0 Å². The molecule has 1 amide bonds. The summed E-state index contributed by atoms with van der Waals surface area (Å²) in [6.07, 6.45) is 3.57. The van der Waals surface area contributed by atoms with Gasteiger partial charge in [-0.25, -0.2) is 13.4 Å². The van der Waals surface area contributed by atoms with Crippen molar-refractivity contribution in [3.05, 3.63) is 66.7 Å². The molecule has 2 heterocycles. The van der Waals surface area contributed by atoms with E-state index in [0.717, 1.165) is 12.0 Å². The number of nitrogens with zero attached hydrogens (tertiary/aromatic N) is 2. The number of hydrogen-bond donors (Lipinski definition) is 2. The van der Waals surface area contributed by atoms with Crippen molar-refractivity contribution in [3.8, 4) is 11.3 Å². The molecule has 2 N–H and O–H groups in total. The summed E-state index contributed by atoms with van der Waals surface area (Å²) in [5.41, 5.74) is 1.32. The first-order chi connectivity index (χ1) is 15.0. The first kappa shape index (κ1) is 20.8. The van der Waals surface area contributed by atoms with Gasteiger partial charge in [-0.15, -0.1) is 0 Å². The van der Waals surface area contributed by atoms with Crippen molar-refractivity contribution in [2.75, 3.05) is 11.9 Å². The number of anilines is 1. The van der Waals surface area contributed by atoms with Crippen LogP contribution in [-0.4, -0.2) is 31.7 Å². The third-order valence-corrected chi connectivity index (χ3v) is 6.11. The number of hydrogen-bond acceptors (Lipinski definition) is 6. The lowest BCUT2D eigenvalue weighted by molar-refractivity contribution is -0.116. The lowest BCUT2D eigenvalue weighted by atomic mass is 10.2. The Morgan fingerprint density at radius 1 is 1.10 bits per heavy atom. The third-order valence-electron chi connectivity index (χ3n) is 4.73. The highest BCUT2D eigenvalue weighted by Gasteiger charge is 2.19. The van der Waals surface area contributed by atoms with Gasteiger partial charge in [0.25, 0.3) is 10.0 Å². The van der Waals surface area contributed by atoms with Crippen molar-refractivity contribution in [2.24, 2.45) is 4.99 Å². The van der Waals surface area contributed by atoms with E-state index in [1.807, 2.05) is 30.3 Å². The van der Waals surface area contributed by atoms with Crippen LogP contribution in [0.4, 0.5) is 5.69 Å². The summed E-state index contributed by atoms with van der Waals surface area (Å²) in [5, 5.41) is 2.73. The molecule has 0 atom stereocenters. The number of rotatable bonds is 7. The zero-order valence-electron chi connectivity index (χ0n) is 16.7. The quantitative estimate of drug-likeness (QED) is 0.587. The number of nitrogens with one attached hydrogen (secondary N) is 2. The predicted molar refractivity (Wildman–Crippen MR) is 117 cm³/mol. The SMILES string of the molecule is O=C(CCc1ncc(-c2ccccc2)o1)Nc1cccc(S(=O)(=O)NC2=NCCC2)c1. The van der Waals surface area contributed by atoms with Gasteiger partial charge in [-0.1, -0.05) is 36.4 Å². The topological polar surface area (TPSA) is 114 Å². The highest BCUT2D eigenvalue weighted by Crippen LogP contribution is 2.21. The lowest BCUT2D eigenvalue weighted by Crippen LogP contribution is -2.29. The Labute approximate surface area is 180 Å². The molecule has 3 aromatic rings. The minimum atomic E-state index is -3.74. The van der Waals surface area contributed by atoms with Crippen molar-refractivity contribution >= 4 is 27.5 Å². The van der Waals surface area contributed by atoms with Crippen LogP contribution in [0.3, 0.4) is 0 Å². The molecule has 1 aromatic heterocycles. The summed E-state index contributed by atoms with van der Waals surface area (Å²) in [4.78, 5) is 20.8. The number of benzene rings is 2. The highest BCUT2D eigenvalue weighted by molar-refractivity contribution is 7.90. The largest absolute Gasteiger partial charge is 0.441 e. The van der Waals surface area contributed by atoms with Crippen LogP contribution in [0.5, 0.6) is 0 Å². The normalized spacial score (nSPS) is 13.6. The number of carbonyl (C=O) groups is 1. The van der Waals surface area contributed by atoms with Crippen molar-refractivity contribution in [2.45, 2.75) is 30.6 Å². The number of aromatic nitrogens is 1. The zero-order chi connectivity index (χ0) is 21.7. The molecule has 1 aliphatic heterocycles. The number of aryl methyl sites for hydroxylation is 1. The lowest BCUT2D eigenvalue weighted by Gasteiger charge is -2.10. The third kappa shape index (κ3) is 5.37. The Morgan fingerprint density at radius 2 is 1.94 bits per heavy atom. The molecule has 31 heavy (non-hydrogen) atoms. The van der Waals surface area contributed by atoms with E-state index in [2.05, 4.69) is 20.0 Å². The molecular formula is C22H22N4O4S. The molecule has 0 spiro atoms. The molecule has 0 radical (unpaired) electrons. The fraction of sp³-hybridized carbons (Fsp3) is 0.227. The van der Waals surface area contributed by atoms with Gasteiger partial charge < -0.3 is 9.73 Å². The number of aliphatic imine (C=N–C) groups is 1. The van der Waals surface area contributed by atoms with E-state index in [-0.39, 0.29) is 17.2 Å². The Morgan fingerprint density at radius 3 is 2.71 bits per heavy atom. The molecule has 0 saturated heterocycles. The fourth-order valence-corrected chi connectivity index (χ4v) is 4.32. The van der Waals surface area contributed by atoms with Crippen LogP contribution in [-0.2, 0) is 21.2 Å². The summed E-state index contributed by atoms with van der Waals surface area (Å²) < 4.78 is 33.3. The Hall–Kier alpha value is -3.46. The fourth-order valence-electron chi connectivity index (χ4n) is 3.18. The van der Waals surface area contributed by atoms with E-state index in [4.69, 9.17) is 4.42 Å². The maximum absolute atomic E-state index is 12.5. The van der Waals surface area contributed by atoms with Crippen LogP contribution in [0.1, 0.15) is 25.2 Å². The average molecular weight is 439 g/mol. The van der Waals surface area contributed by atoms with Crippen molar-refractivity contribution < 1.29 is 17.6 Å². The van der Waals surface area contributed by atoms with Gasteiger partial charge in [0.2, 0.25) is 5.91 Å². The van der Waals surface area contributed by atoms with E-state index in [0.29, 0.717) is 42.6 Å². The molecule has 8 nitrogen and oxygen atoms in total. The van der Waals surface area contributed by atoms with Crippen LogP contribution >= 0.6 is 0 Å². The van der Waals surface area contributed by atoms with Crippen LogP contribution in [0.15, 0.2) is 75.1 Å². The van der Waals surface area contributed by atoms with Crippen LogP contribution in [0, 0.1) is 0 Å². The molecule has 2 aromatic carbocycles. The summed E-state index contributed by atoms with van der Waals surface area (Å²) in [5.74, 6) is 1.32. The van der Waals surface area contributed by atoms with Gasteiger partial charge in [0.05, 0.1) is 11.1 Å². The Balaban J connectivity index is 1.35. The van der Waals surface area contributed by atoms with Crippen molar-refractivity contribution in [1.29, 1.82) is 0 Å². The molecule has 0 aliphatic carbocycles. The monoisotopic (exact) mass is 438 g/mol. The number of carbonyl (C=O) groups excluding carboxylic acids is 1. The van der Waals surface area contributed by atoms with Crippen molar-refractivity contribution in [1.82, 2.24) is 9.71 Å². The predicted octanol–water partition coefficient (Wildman–Crippen LogP) is 3.38. The number of sulfonamides is 1. The summed E-state index contributed by atoms with van der Waals surface area (Å²) in [7, 11) is -3.74.